The average molecular weight is 763 g/mol. The number of ether oxygens (including phenoxy) is 3. The molecule has 2 aliphatic rings. The van der Waals surface area contributed by atoms with Gasteiger partial charge in [0.15, 0.2) is 11.5 Å². The van der Waals surface area contributed by atoms with Gasteiger partial charge in [-0.05, 0) is 77.9 Å². The van der Waals surface area contributed by atoms with Crippen molar-refractivity contribution >= 4 is 57.5 Å². The number of carbonyl (C=O) groups is 3. The number of nitrogens with zero attached hydrogens (tertiary/aromatic N) is 1. The molecule has 2 heterocycles. The van der Waals surface area contributed by atoms with Gasteiger partial charge in [0.05, 0.1) is 53.5 Å². The molecular formula is C32H35IN4O8S. The predicted octanol–water partition coefficient (Wildman–Crippen LogP) is 5.37. The Morgan fingerprint density at radius 1 is 0.978 bits per heavy atom. The van der Waals surface area contributed by atoms with E-state index in [0.29, 0.717) is 65.5 Å². The highest BCUT2D eigenvalue weighted by Crippen LogP contribution is 2.41. The Morgan fingerprint density at radius 3 is 2.41 bits per heavy atom. The Balaban J connectivity index is 1.57. The van der Waals surface area contributed by atoms with Crippen LogP contribution in [0.4, 0.5) is 16.2 Å². The second-order valence-corrected chi connectivity index (χ2v) is 15.9. The molecule has 14 heteroatoms. The summed E-state index contributed by atoms with van der Waals surface area (Å²) in [4.78, 5) is 41.0. The zero-order valence-electron chi connectivity index (χ0n) is 25.8. The van der Waals surface area contributed by atoms with E-state index in [-0.39, 0.29) is 22.6 Å². The first-order valence-electron chi connectivity index (χ1n) is 14.6. The number of anilines is 2. The van der Waals surface area contributed by atoms with Gasteiger partial charge in [0.1, 0.15) is 6.04 Å². The van der Waals surface area contributed by atoms with E-state index in [1.54, 1.807) is 35.2 Å². The highest BCUT2D eigenvalue weighted by Gasteiger charge is 2.38. The summed E-state index contributed by atoms with van der Waals surface area (Å²) in [5.41, 5.74) is 3.32. The van der Waals surface area contributed by atoms with Crippen molar-refractivity contribution in [3.63, 3.8) is 0 Å². The fourth-order valence-electron chi connectivity index (χ4n) is 6.01. The number of carbonyl (C=O) groups excluding carboxylic acids is 3. The lowest BCUT2D eigenvalue weighted by Crippen LogP contribution is -2.38. The van der Waals surface area contributed by atoms with Crippen molar-refractivity contribution in [3.05, 3.63) is 76.9 Å². The number of methoxy groups -OCH3 is 3. The minimum atomic E-state index is -3.72. The van der Waals surface area contributed by atoms with E-state index in [1.165, 1.54) is 54.7 Å². The molecule has 3 aromatic carbocycles. The van der Waals surface area contributed by atoms with Crippen molar-refractivity contribution < 1.29 is 37.0 Å². The van der Waals surface area contributed by atoms with Crippen LogP contribution in [-0.4, -0.2) is 65.6 Å². The quantitative estimate of drug-likeness (QED) is 0.193. The Bertz CT molecular complexity index is 1780. The summed E-state index contributed by atoms with van der Waals surface area (Å²) < 4.78 is 41.4. The van der Waals surface area contributed by atoms with Gasteiger partial charge in [0, 0.05) is 30.0 Å². The molecule has 46 heavy (non-hydrogen) atoms. The van der Waals surface area contributed by atoms with Crippen molar-refractivity contribution in [1.82, 2.24) is 10.2 Å². The van der Waals surface area contributed by atoms with Gasteiger partial charge in [-0.15, -0.1) is 0 Å². The van der Waals surface area contributed by atoms with Crippen molar-refractivity contribution in [1.29, 1.82) is 0 Å². The van der Waals surface area contributed by atoms with Gasteiger partial charge in [-0.25, -0.2) is 13.2 Å². The Morgan fingerprint density at radius 2 is 1.72 bits per heavy atom. The number of halogens is 1. The van der Waals surface area contributed by atoms with Crippen LogP contribution in [0.1, 0.15) is 64.8 Å². The predicted molar refractivity (Wildman–Crippen MR) is 180 cm³/mol. The zero-order chi connectivity index (χ0) is 33.2. The summed E-state index contributed by atoms with van der Waals surface area (Å²) in [7, 11) is 0.536. The minimum absolute atomic E-state index is 0.0543. The minimum Gasteiger partial charge on any atom is -0.493 e. The Labute approximate surface area is 279 Å². The van der Waals surface area contributed by atoms with Gasteiger partial charge in [-0.2, -0.15) is 0 Å². The van der Waals surface area contributed by atoms with Gasteiger partial charge in [0.25, 0.3) is 5.91 Å². The molecule has 0 aliphatic carbocycles. The van der Waals surface area contributed by atoms with E-state index in [0.717, 1.165) is 5.56 Å². The topological polar surface area (TPSA) is 152 Å². The van der Waals surface area contributed by atoms with Gasteiger partial charge < -0.3 is 29.7 Å². The Hall–Kier alpha value is -4.05. The molecule has 0 spiro atoms. The molecule has 1 saturated heterocycles. The van der Waals surface area contributed by atoms with Gasteiger partial charge in [-0.1, -0.05) is 19.1 Å². The number of nitrogens with one attached hydrogen (secondary N) is 3. The van der Waals surface area contributed by atoms with Gasteiger partial charge in [0.2, 0.25) is 12.9 Å². The average Bonchev–Trinajstić information content (AvgIpc) is 3.54. The van der Waals surface area contributed by atoms with Crippen LogP contribution < -0.4 is 25.4 Å². The highest BCUT2D eigenvalue weighted by molar-refractivity contribution is 14.2. The zero-order valence-corrected chi connectivity index (χ0v) is 28.7. The lowest BCUT2D eigenvalue weighted by molar-refractivity contribution is -0.133. The molecule has 244 valence electrons. The van der Waals surface area contributed by atoms with Gasteiger partial charge in [-0.3, -0.25) is 14.9 Å². The van der Waals surface area contributed by atoms with Crippen LogP contribution in [0.25, 0.3) is 0 Å². The molecule has 3 atom stereocenters. The number of rotatable bonds is 9. The third-order valence-electron chi connectivity index (χ3n) is 8.30. The summed E-state index contributed by atoms with van der Waals surface area (Å²) in [6.45, 7) is 2.95. The second kappa shape index (κ2) is 13.7. The van der Waals surface area contributed by atoms with Crippen molar-refractivity contribution in [2.75, 3.05) is 45.1 Å². The molecule has 0 saturated carbocycles. The van der Waals surface area contributed by atoms with Crippen molar-refractivity contribution in [2.45, 2.75) is 42.7 Å². The van der Waals surface area contributed by atoms with Crippen molar-refractivity contribution in [3.8, 4) is 11.5 Å². The Kier molecular flexibility index (Phi) is 9.96. The maximum Gasteiger partial charge on any atom is 0.411 e. The number of fused-ring (bicyclic) bond motifs is 1. The number of amides is 3. The van der Waals surface area contributed by atoms with Crippen LogP contribution >= 0.6 is 21.2 Å². The molecule has 3 aromatic rings. The second-order valence-electron chi connectivity index (χ2n) is 11.1. The van der Waals surface area contributed by atoms with E-state index in [1.807, 2.05) is 19.1 Å². The van der Waals surface area contributed by atoms with Crippen LogP contribution in [0.2, 0.25) is 0 Å². The van der Waals surface area contributed by atoms with E-state index < -0.39 is 25.2 Å². The fourth-order valence-corrected chi connectivity index (χ4v) is 7.92. The lowest BCUT2D eigenvalue weighted by Gasteiger charge is -2.32. The molecular weight excluding hydrogens is 727 g/mol. The van der Waals surface area contributed by atoms with Gasteiger partial charge >= 0.3 is 6.09 Å². The van der Waals surface area contributed by atoms with E-state index in [2.05, 4.69) is 16.0 Å². The first kappa shape index (κ1) is 33.3. The first-order chi connectivity index (χ1) is 21.9. The molecule has 1 fully saturated rings. The maximum absolute atomic E-state index is 14.6. The fraction of sp³-hybridized carbons (Fsp3) is 0.344. The van der Waals surface area contributed by atoms with Crippen LogP contribution in [-0.2, 0) is 16.5 Å². The number of benzene rings is 3. The summed E-state index contributed by atoms with van der Waals surface area (Å²) >= 11 is 1.38. The summed E-state index contributed by atoms with van der Waals surface area (Å²) in [6.07, 6.45) is 0.421. The van der Waals surface area contributed by atoms with Crippen LogP contribution in [0.5, 0.6) is 11.5 Å². The monoisotopic (exact) mass is 762 g/mol. The molecule has 2 aliphatic heterocycles. The number of hydrogen-bond acceptors (Lipinski definition) is 9. The molecule has 0 aromatic heterocycles. The SMILES string of the molecule is COC(=O)Nc1ccc(S(=O)(=O)I)c([C@H]2CCCN2C(=O)C(Nc2ccc3c(c2)C(=O)NC[C@@H]3C)c2ccc(OC)c(OC)c2)c1. The number of likely N-dealkylation sites (tertiary alicyclic amines) is 1. The largest absolute Gasteiger partial charge is 0.493 e. The normalized spacial score (nSPS) is 18.2. The molecule has 3 amide bonds. The standard InChI is InChI=1S/C32H35IN4O8S/c1-18-17-34-30(38)23-15-20(8-10-22(18)23)35-29(19-7-11-26(43-2)27(14-19)44-3)31(39)37-13-5-6-25(37)24-16-21(36-32(40)45-4)9-12-28(24)46(33,41)42/h7-12,14-16,18,25,29,35H,5-6,13,17H2,1-4H3,(H,34,38)(H,36,40)/t18-,25+,29?/m0/s1. The summed E-state index contributed by atoms with van der Waals surface area (Å²) in [5, 5.41) is 8.83. The molecule has 1 unspecified atom stereocenters. The van der Waals surface area contributed by atoms with Crippen molar-refractivity contribution in [2.24, 2.45) is 0 Å². The molecule has 0 radical (unpaired) electrons. The highest BCUT2D eigenvalue weighted by atomic mass is 127. The summed E-state index contributed by atoms with van der Waals surface area (Å²) in [5.74, 6) is 0.564. The molecule has 3 N–H and O–H groups in total. The smallest absolute Gasteiger partial charge is 0.411 e. The lowest BCUT2D eigenvalue weighted by atomic mass is 9.91. The van der Waals surface area contributed by atoms with E-state index >= 15 is 0 Å². The molecule has 0 bridgehead atoms. The van der Waals surface area contributed by atoms with Crippen LogP contribution in [0.3, 0.4) is 0 Å². The van der Waals surface area contributed by atoms with E-state index in [9.17, 15) is 22.8 Å². The number of hydrogen-bond donors (Lipinski definition) is 3. The molecule has 5 rings (SSSR count). The van der Waals surface area contributed by atoms with Crippen LogP contribution in [0, 0.1) is 0 Å². The third kappa shape index (κ3) is 6.87. The summed E-state index contributed by atoms with van der Waals surface area (Å²) in [6, 6.07) is 13.6. The third-order valence-corrected chi connectivity index (χ3v) is 10.6. The maximum atomic E-state index is 14.6. The van der Waals surface area contributed by atoms with E-state index in [4.69, 9.17) is 14.2 Å². The molecule has 12 nitrogen and oxygen atoms in total. The first-order valence-corrected chi connectivity index (χ1v) is 18.6. The van der Waals surface area contributed by atoms with Crippen LogP contribution in [0.15, 0.2) is 59.5 Å².